The van der Waals surface area contributed by atoms with Gasteiger partial charge < -0.3 is 20.0 Å². The summed E-state index contributed by atoms with van der Waals surface area (Å²) in [5.41, 5.74) is 2.24. The van der Waals surface area contributed by atoms with E-state index in [4.69, 9.17) is 11.6 Å². The lowest BCUT2D eigenvalue weighted by Gasteiger charge is -2.34. The summed E-state index contributed by atoms with van der Waals surface area (Å²) in [5.74, 6) is 0.205. The van der Waals surface area contributed by atoms with Crippen molar-refractivity contribution in [3.8, 4) is 0 Å². The molecule has 10 nitrogen and oxygen atoms in total. The van der Waals surface area contributed by atoms with Gasteiger partial charge in [0.1, 0.15) is 11.4 Å². The topological polar surface area (TPSA) is 106 Å². The first-order chi connectivity index (χ1) is 26.3. The summed E-state index contributed by atoms with van der Waals surface area (Å²) < 4.78 is 44.5. The van der Waals surface area contributed by atoms with E-state index in [-0.39, 0.29) is 23.6 Å². The Kier molecular flexibility index (Phi) is 15.9. The third-order valence-electron chi connectivity index (χ3n) is 10.2. The third kappa shape index (κ3) is 13.5. The van der Waals surface area contributed by atoms with Crippen LogP contribution in [0.1, 0.15) is 82.3 Å². The number of piperidine rings is 2. The summed E-state index contributed by atoms with van der Waals surface area (Å²) >= 11 is 7.60. The van der Waals surface area contributed by atoms with Crippen LogP contribution >= 0.6 is 23.5 Å². The van der Waals surface area contributed by atoms with Crippen LogP contribution in [0.3, 0.4) is 0 Å². The molecule has 3 N–H and O–H groups in total. The van der Waals surface area contributed by atoms with Gasteiger partial charge in [-0.15, -0.1) is 0 Å². The molecule has 0 radical (unpaired) electrons. The number of carbonyl (C=O) groups excluding carboxylic acids is 2. The number of aryl methyl sites for hydroxylation is 1. The number of nitrogens with one attached hydrogen (secondary N) is 3. The molecule has 15 heteroatoms. The monoisotopic (exact) mass is 802 g/mol. The highest BCUT2D eigenvalue weighted by Crippen LogP contribution is 2.37. The normalized spacial score (nSPS) is 19.8. The number of aromatic nitrogens is 2. The van der Waals surface area contributed by atoms with Crippen LogP contribution in [-0.2, 0) is 15.8 Å². The Morgan fingerprint density at radius 1 is 0.891 bits per heavy atom. The molecule has 55 heavy (non-hydrogen) atoms. The molecule has 3 saturated heterocycles. The van der Waals surface area contributed by atoms with Crippen molar-refractivity contribution in [1.82, 2.24) is 24.9 Å². The molecule has 4 aliphatic rings. The summed E-state index contributed by atoms with van der Waals surface area (Å²) in [7, 11) is 2.16. The Morgan fingerprint density at radius 3 is 2.24 bits per heavy atom. The molecule has 0 spiro atoms. The van der Waals surface area contributed by atoms with E-state index in [1.54, 1.807) is 16.8 Å². The molecule has 7 rings (SSSR count). The number of benzene rings is 2. The maximum Gasteiger partial charge on any atom is 0.421 e. The lowest BCUT2D eigenvalue weighted by atomic mass is 9.96. The maximum absolute atomic E-state index is 13.6. The Morgan fingerprint density at radius 2 is 1.62 bits per heavy atom. The van der Waals surface area contributed by atoms with Crippen molar-refractivity contribution in [3.05, 3.63) is 64.8 Å². The molecular formula is C40H54ClF3N8O2S. The molecule has 4 heterocycles. The van der Waals surface area contributed by atoms with Crippen molar-refractivity contribution >= 4 is 58.5 Å². The van der Waals surface area contributed by atoms with Gasteiger partial charge in [0, 0.05) is 85.6 Å². The molecule has 1 aromatic heterocycles. The average Bonchev–Trinajstić information content (AvgIpc) is 3.16. The molecule has 1 atom stereocenters. The SMILES string of the molecule is CN1CCN(c2cccc(Cl)c2)CC1.Cc1cc(SNC2CCCCC2)ccc1Nc1ncc(C(F)(F)F)c(N2CCCC(C)C2)n1.O=C1CCCC(=O)N1. The van der Waals surface area contributed by atoms with Crippen molar-refractivity contribution in [2.24, 2.45) is 5.92 Å². The first kappa shape index (κ1) is 42.6. The van der Waals surface area contributed by atoms with E-state index in [0.717, 1.165) is 66.4 Å². The van der Waals surface area contributed by atoms with Crippen molar-refractivity contribution in [3.63, 3.8) is 0 Å². The quantitative estimate of drug-likeness (QED) is 0.159. The number of imide groups is 1. The van der Waals surface area contributed by atoms with Gasteiger partial charge in [0.25, 0.3) is 0 Å². The van der Waals surface area contributed by atoms with E-state index in [1.807, 2.05) is 37.3 Å². The number of halogens is 4. The van der Waals surface area contributed by atoms with Crippen molar-refractivity contribution in [1.29, 1.82) is 0 Å². The third-order valence-corrected chi connectivity index (χ3v) is 11.4. The summed E-state index contributed by atoms with van der Waals surface area (Å²) in [6.45, 7) is 9.63. The zero-order valence-corrected chi connectivity index (χ0v) is 33.6. The molecule has 1 aliphatic carbocycles. The summed E-state index contributed by atoms with van der Waals surface area (Å²) in [6, 6.07) is 14.6. The molecule has 0 bridgehead atoms. The average molecular weight is 803 g/mol. The molecule has 3 aromatic rings. The molecule has 2 amide bonds. The van der Waals surface area contributed by atoms with Crippen LogP contribution in [0.5, 0.6) is 0 Å². The van der Waals surface area contributed by atoms with E-state index in [2.05, 4.69) is 61.2 Å². The van der Waals surface area contributed by atoms with Crippen LogP contribution in [-0.4, -0.2) is 79.0 Å². The molecule has 300 valence electrons. The maximum atomic E-state index is 13.6. The molecule has 2 aromatic carbocycles. The van der Waals surface area contributed by atoms with Crippen LogP contribution in [0, 0.1) is 12.8 Å². The van der Waals surface area contributed by atoms with Crippen LogP contribution in [0.4, 0.5) is 36.3 Å². The fourth-order valence-corrected chi connectivity index (χ4v) is 8.11. The van der Waals surface area contributed by atoms with E-state index in [9.17, 15) is 22.8 Å². The lowest BCUT2D eigenvalue weighted by Crippen LogP contribution is -2.44. The van der Waals surface area contributed by atoms with Gasteiger partial charge in [0.2, 0.25) is 17.8 Å². The number of nitrogens with zero attached hydrogens (tertiary/aromatic N) is 5. The summed E-state index contributed by atoms with van der Waals surface area (Å²) in [4.78, 5) is 36.6. The number of rotatable bonds is 7. The Bertz CT molecular complexity index is 1710. The van der Waals surface area contributed by atoms with E-state index in [0.29, 0.717) is 44.3 Å². The zero-order valence-electron chi connectivity index (χ0n) is 32.1. The van der Waals surface area contributed by atoms with Gasteiger partial charge in [-0.2, -0.15) is 18.2 Å². The van der Waals surface area contributed by atoms with Crippen molar-refractivity contribution in [2.45, 2.75) is 95.2 Å². The van der Waals surface area contributed by atoms with Gasteiger partial charge in [0.15, 0.2) is 0 Å². The van der Waals surface area contributed by atoms with Gasteiger partial charge in [-0.05, 0) is 106 Å². The second-order valence-electron chi connectivity index (χ2n) is 14.9. The second kappa shape index (κ2) is 20.5. The smallest absolute Gasteiger partial charge is 0.369 e. The zero-order chi connectivity index (χ0) is 39.4. The van der Waals surface area contributed by atoms with Crippen LogP contribution in [0.15, 0.2) is 53.6 Å². The predicted molar refractivity (Wildman–Crippen MR) is 216 cm³/mol. The number of anilines is 4. The molecule has 3 aliphatic heterocycles. The number of piperazine rings is 1. The van der Waals surface area contributed by atoms with Gasteiger partial charge in [-0.25, -0.2) is 4.98 Å². The van der Waals surface area contributed by atoms with Gasteiger partial charge in [-0.1, -0.05) is 43.9 Å². The standard InChI is InChI=1S/C24H32F3N5S.C11H15ClN2.C5H7NO2/c1-16-7-6-12-32(15-16)22-20(24(25,26)27)14-28-23(30-22)29-21-11-10-19(13-17(21)2)33-31-18-8-4-3-5-9-18;1-13-5-7-14(8-6-13)11-4-2-3-10(12)9-11;7-4-2-1-3-5(8)6-4/h10-11,13-14,16,18,31H,3-9,12,15H2,1-2H3,(H,28,29,30);2-4,9H,5-8H2,1H3;1-3H2,(H,6,7,8). The first-order valence-corrected chi connectivity index (χ1v) is 20.5. The molecule has 1 saturated carbocycles. The van der Waals surface area contributed by atoms with Gasteiger partial charge in [-0.3, -0.25) is 19.6 Å². The number of hydrogen-bond acceptors (Lipinski definition) is 10. The molecule has 4 fully saturated rings. The minimum Gasteiger partial charge on any atom is -0.369 e. The van der Waals surface area contributed by atoms with E-state index >= 15 is 0 Å². The predicted octanol–water partition coefficient (Wildman–Crippen LogP) is 8.62. The number of carbonyl (C=O) groups is 2. The highest BCUT2D eigenvalue weighted by atomic mass is 35.5. The fraction of sp³-hybridized carbons (Fsp3) is 0.550. The lowest BCUT2D eigenvalue weighted by molar-refractivity contribution is -0.137. The van der Waals surface area contributed by atoms with E-state index < -0.39 is 11.7 Å². The highest BCUT2D eigenvalue weighted by Gasteiger charge is 2.37. The second-order valence-corrected chi connectivity index (χ2v) is 16.2. The number of alkyl halides is 3. The molecular weight excluding hydrogens is 749 g/mol. The fourth-order valence-electron chi connectivity index (χ4n) is 7.02. The van der Waals surface area contributed by atoms with Gasteiger partial charge >= 0.3 is 6.18 Å². The Balaban J connectivity index is 0.000000214. The highest BCUT2D eigenvalue weighted by molar-refractivity contribution is 7.97. The Hall–Kier alpha value is -3.59. The largest absolute Gasteiger partial charge is 0.421 e. The summed E-state index contributed by atoms with van der Waals surface area (Å²) in [5, 5.41) is 6.15. The number of hydrogen-bond donors (Lipinski definition) is 3. The number of likely N-dealkylation sites (N-methyl/N-ethyl adjacent to an activating group) is 1. The van der Waals surface area contributed by atoms with Crippen LogP contribution in [0.25, 0.3) is 0 Å². The minimum absolute atomic E-state index is 0.0342. The van der Waals surface area contributed by atoms with Crippen LogP contribution < -0.4 is 25.2 Å². The number of amides is 2. The van der Waals surface area contributed by atoms with Gasteiger partial charge in [0.05, 0.1) is 0 Å². The van der Waals surface area contributed by atoms with E-state index in [1.165, 1.54) is 37.8 Å². The first-order valence-electron chi connectivity index (χ1n) is 19.3. The Labute approximate surface area is 332 Å². The summed E-state index contributed by atoms with van der Waals surface area (Å²) in [6.07, 6.45) is 6.34. The minimum atomic E-state index is -4.49. The molecule has 1 unspecified atom stereocenters. The van der Waals surface area contributed by atoms with Crippen molar-refractivity contribution in [2.75, 3.05) is 61.4 Å². The van der Waals surface area contributed by atoms with Crippen molar-refractivity contribution < 1.29 is 22.8 Å². The van der Waals surface area contributed by atoms with Crippen LogP contribution in [0.2, 0.25) is 5.02 Å².